The quantitative estimate of drug-likeness (QED) is 0.813. The molecule has 94 valence electrons. The van der Waals surface area contributed by atoms with Crippen molar-refractivity contribution in [2.45, 2.75) is 18.9 Å². The summed E-state index contributed by atoms with van der Waals surface area (Å²) in [4.78, 5) is 14.2. The second kappa shape index (κ2) is 4.33. The highest BCUT2D eigenvalue weighted by Gasteiger charge is 2.32. The molecule has 0 radical (unpaired) electrons. The summed E-state index contributed by atoms with van der Waals surface area (Å²) in [6, 6.07) is 3.57. The lowest BCUT2D eigenvalue weighted by atomic mass is 10.1. The molecular formula is C13H15N3O2. The van der Waals surface area contributed by atoms with Gasteiger partial charge in [-0.15, -0.1) is 0 Å². The molecule has 0 N–H and O–H groups in total. The SMILES string of the molecule is Cn1cc(C2CCCN2C(=O)c2ccco2)cn1. The van der Waals surface area contributed by atoms with Crippen molar-refractivity contribution < 1.29 is 9.21 Å². The summed E-state index contributed by atoms with van der Waals surface area (Å²) in [6.45, 7) is 0.777. The number of hydrogen-bond acceptors (Lipinski definition) is 3. The maximum Gasteiger partial charge on any atom is 0.290 e. The van der Waals surface area contributed by atoms with Gasteiger partial charge >= 0.3 is 0 Å². The van der Waals surface area contributed by atoms with Gasteiger partial charge in [-0.25, -0.2) is 0 Å². The van der Waals surface area contributed by atoms with Crippen LogP contribution in [0.15, 0.2) is 35.2 Å². The predicted molar refractivity (Wildman–Crippen MR) is 64.9 cm³/mol. The van der Waals surface area contributed by atoms with Gasteiger partial charge in [0.2, 0.25) is 0 Å². The van der Waals surface area contributed by atoms with Crippen molar-refractivity contribution in [3.63, 3.8) is 0 Å². The average Bonchev–Trinajstić information content (AvgIpc) is 3.09. The van der Waals surface area contributed by atoms with Crippen molar-refractivity contribution in [2.75, 3.05) is 6.54 Å². The Kier molecular flexibility index (Phi) is 2.66. The standard InChI is InChI=1S/C13H15N3O2/c1-15-9-10(8-14-15)11-4-2-6-16(11)13(17)12-5-3-7-18-12/h3,5,7-9,11H,2,4,6H2,1H3. The molecule has 1 fully saturated rings. The van der Waals surface area contributed by atoms with Gasteiger partial charge in [0.15, 0.2) is 5.76 Å². The zero-order valence-electron chi connectivity index (χ0n) is 10.2. The number of amides is 1. The van der Waals surface area contributed by atoms with Crippen LogP contribution in [0.25, 0.3) is 0 Å². The van der Waals surface area contributed by atoms with E-state index in [1.807, 2.05) is 24.3 Å². The van der Waals surface area contributed by atoms with Gasteiger partial charge in [0.05, 0.1) is 18.5 Å². The molecule has 0 aromatic carbocycles. The van der Waals surface area contributed by atoms with Gasteiger partial charge in [-0.3, -0.25) is 9.48 Å². The van der Waals surface area contributed by atoms with Crippen molar-refractivity contribution in [3.8, 4) is 0 Å². The number of hydrogen-bond donors (Lipinski definition) is 0. The third-order valence-electron chi connectivity index (χ3n) is 3.36. The first-order chi connectivity index (χ1) is 8.75. The van der Waals surface area contributed by atoms with Crippen LogP contribution in [0.4, 0.5) is 0 Å². The number of carbonyl (C=O) groups excluding carboxylic acids is 1. The first kappa shape index (κ1) is 11.1. The predicted octanol–water partition coefficient (Wildman–Crippen LogP) is 1.99. The normalized spacial score (nSPS) is 19.4. The summed E-state index contributed by atoms with van der Waals surface area (Å²) in [7, 11) is 1.89. The molecular weight excluding hydrogens is 230 g/mol. The number of nitrogens with zero attached hydrogens (tertiary/aromatic N) is 3. The third-order valence-corrected chi connectivity index (χ3v) is 3.36. The number of likely N-dealkylation sites (tertiary alicyclic amines) is 1. The van der Waals surface area contributed by atoms with Crippen molar-refractivity contribution in [2.24, 2.45) is 7.05 Å². The zero-order chi connectivity index (χ0) is 12.5. The molecule has 5 heteroatoms. The summed E-state index contributed by atoms with van der Waals surface area (Å²) in [5, 5.41) is 4.17. The molecule has 2 aromatic rings. The van der Waals surface area contributed by atoms with Gasteiger partial charge in [0.1, 0.15) is 0 Å². The minimum absolute atomic E-state index is 0.0358. The van der Waals surface area contributed by atoms with Crippen molar-refractivity contribution in [1.29, 1.82) is 0 Å². The van der Waals surface area contributed by atoms with E-state index in [4.69, 9.17) is 4.42 Å². The first-order valence-electron chi connectivity index (χ1n) is 6.09. The Morgan fingerprint density at radius 1 is 1.56 bits per heavy atom. The van der Waals surface area contributed by atoms with Gasteiger partial charge in [-0.2, -0.15) is 5.10 Å². The van der Waals surface area contributed by atoms with Gasteiger partial charge in [0, 0.05) is 25.4 Å². The lowest BCUT2D eigenvalue weighted by molar-refractivity contribution is 0.0703. The van der Waals surface area contributed by atoms with E-state index in [0.717, 1.165) is 24.9 Å². The van der Waals surface area contributed by atoms with Crippen LogP contribution >= 0.6 is 0 Å². The lowest BCUT2D eigenvalue weighted by Crippen LogP contribution is -2.30. The molecule has 1 unspecified atom stereocenters. The largest absolute Gasteiger partial charge is 0.459 e. The monoisotopic (exact) mass is 245 g/mol. The van der Waals surface area contributed by atoms with Crippen LogP contribution < -0.4 is 0 Å². The van der Waals surface area contributed by atoms with E-state index in [9.17, 15) is 4.79 Å². The highest BCUT2D eigenvalue weighted by atomic mass is 16.3. The van der Waals surface area contributed by atoms with E-state index < -0.39 is 0 Å². The Hall–Kier alpha value is -2.04. The van der Waals surface area contributed by atoms with E-state index in [1.54, 1.807) is 16.8 Å². The van der Waals surface area contributed by atoms with Crippen molar-refractivity contribution in [1.82, 2.24) is 14.7 Å². The molecule has 1 saturated heterocycles. The average molecular weight is 245 g/mol. The Labute approximate surface area is 105 Å². The molecule has 3 rings (SSSR count). The minimum Gasteiger partial charge on any atom is -0.459 e. The third kappa shape index (κ3) is 1.81. The number of furan rings is 1. The van der Waals surface area contributed by atoms with Crippen LogP contribution in [0, 0.1) is 0 Å². The summed E-state index contributed by atoms with van der Waals surface area (Å²) in [6.07, 6.45) is 7.34. The van der Waals surface area contributed by atoms with Gasteiger partial charge in [-0.05, 0) is 25.0 Å². The minimum atomic E-state index is -0.0358. The van der Waals surface area contributed by atoms with E-state index in [2.05, 4.69) is 5.10 Å². The van der Waals surface area contributed by atoms with E-state index >= 15 is 0 Å². The summed E-state index contributed by atoms with van der Waals surface area (Å²) >= 11 is 0. The fourth-order valence-electron chi connectivity index (χ4n) is 2.51. The molecule has 3 heterocycles. The number of carbonyl (C=O) groups is 1. The molecule has 18 heavy (non-hydrogen) atoms. The van der Waals surface area contributed by atoms with Gasteiger partial charge < -0.3 is 9.32 Å². The van der Waals surface area contributed by atoms with Crippen LogP contribution in [-0.2, 0) is 7.05 Å². The molecule has 1 amide bonds. The topological polar surface area (TPSA) is 51.3 Å². The second-order valence-electron chi connectivity index (χ2n) is 4.58. The van der Waals surface area contributed by atoms with Crippen molar-refractivity contribution in [3.05, 3.63) is 42.1 Å². The van der Waals surface area contributed by atoms with Gasteiger partial charge in [0.25, 0.3) is 5.91 Å². The summed E-state index contributed by atoms with van der Waals surface area (Å²) in [5.74, 6) is 0.372. The molecule has 2 aromatic heterocycles. The van der Waals surface area contributed by atoms with E-state index in [0.29, 0.717) is 5.76 Å². The highest BCUT2D eigenvalue weighted by Crippen LogP contribution is 2.32. The number of aryl methyl sites for hydroxylation is 1. The van der Waals surface area contributed by atoms with Crippen LogP contribution in [-0.4, -0.2) is 27.1 Å². The van der Waals surface area contributed by atoms with Gasteiger partial charge in [-0.1, -0.05) is 0 Å². The molecule has 0 bridgehead atoms. The number of rotatable bonds is 2. The Balaban J connectivity index is 1.85. The van der Waals surface area contributed by atoms with Crippen LogP contribution in [0.3, 0.4) is 0 Å². The highest BCUT2D eigenvalue weighted by molar-refractivity contribution is 5.91. The first-order valence-corrected chi connectivity index (χ1v) is 6.09. The fourth-order valence-corrected chi connectivity index (χ4v) is 2.51. The molecule has 1 aliphatic rings. The second-order valence-corrected chi connectivity index (χ2v) is 4.58. The van der Waals surface area contributed by atoms with E-state index in [1.165, 1.54) is 6.26 Å². The Morgan fingerprint density at radius 2 is 2.44 bits per heavy atom. The molecule has 1 aliphatic heterocycles. The van der Waals surface area contributed by atoms with Crippen LogP contribution in [0.2, 0.25) is 0 Å². The molecule has 0 saturated carbocycles. The maximum atomic E-state index is 12.3. The van der Waals surface area contributed by atoms with Crippen LogP contribution in [0.1, 0.15) is 35.0 Å². The van der Waals surface area contributed by atoms with Crippen LogP contribution in [0.5, 0.6) is 0 Å². The fraction of sp³-hybridized carbons (Fsp3) is 0.385. The van der Waals surface area contributed by atoms with Crippen molar-refractivity contribution >= 4 is 5.91 Å². The smallest absolute Gasteiger partial charge is 0.290 e. The summed E-state index contributed by atoms with van der Waals surface area (Å²) < 4.78 is 6.95. The Bertz CT molecular complexity index is 544. The zero-order valence-corrected chi connectivity index (χ0v) is 10.2. The summed E-state index contributed by atoms with van der Waals surface area (Å²) in [5.41, 5.74) is 1.09. The lowest BCUT2D eigenvalue weighted by Gasteiger charge is -2.22. The molecule has 0 aliphatic carbocycles. The molecule has 1 atom stereocenters. The van der Waals surface area contributed by atoms with E-state index in [-0.39, 0.29) is 11.9 Å². The number of aromatic nitrogens is 2. The molecule has 0 spiro atoms. The Morgan fingerprint density at radius 3 is 3.11 bits per heavy atom. The maximum absolute atomic E-state index is 12.3. The molecule has 5 nitrogen and oxygen atoms in total.